The number of hydrogen-bond acceptors (Lipinski definition) is 6. The average molecular weight is 482 g/mol. The van der Waals surface area contributed by atoms with E-state index in [1.54, 1.807) is 23.1 Å². The molecule has 0 aromatic heterocycles. The highest BCUT2D eigenvalue weighted by atomic mass is 16.5. The van der Waals surface area contributed by atoms with Gasteiger partial charge >= 0.3 is 5.97 Å². The number of nitrogens with zero attached hydrogens (tertiary/aromatic N) is 1. The number of Topliss-reactive ketones (excluding diaryl/α,β-unsaturated/α-hetero) is 1. The number of benzene rings is 2. The van der Waals surface area contributed by atoms with Crippen LogP contribution in [0.15, 0.2) is 24.3 Å². The van der Waals surface area contributed by atoms with Crippen LogP contribution in [0.25, 0.3) is 0 Å². The molecule has 0 unspecified atom stereocenters. The van der Waals surface area contributed by atoms with Crippen LogP contribution in [-0.4, -0.2) is 60.8 Å². The Balaban J connectivity index is 1.95. The third-order valence-corrected chi connectivity index (χ3v) is 5.90. The second kappa shape index (κ2) is 9.77. The van der Waals surface area contributed by atoms with Gasteiger partial charge in [-0.1, -0.05) is 20.8 Å². The maximum atomic E-state index is 13.3. The van der Waals surface area contributed by atoms with E-state index in [4.69, 9.17) is 14.9 Å². The normalized spacial score (nSPS) is 12.9. The van der Waals surface area contributed by atoms with E-state index >= 15 is 0 Å². The maximum absolute atomic E-state index is 13.3. The first-order valence-corrected chi connectivity index (χ1v) is 11.3. The number of carboxylic acid groups (broad SMARTS) is 1. The van der Waals surface area contributed by atoms with Gasteiger partial charge in [0.2, 0.25) is 0 Å². The van der Waals surface area contributed by atoms with Gasteiger partial charge < -0.3 is 24.8 Å². The van der Waals surface area contributed by atoms with Crippen LogP contribution in [0, 0.1) is 5.41 Å². The Morgan fingerprint density at radius 2 is 1.83 bits per heavy atom. The minimum Gasteiger partial charge on any atom is -0.496 e. The van der Waals surface area contributed by atoms with E-state index in [0.29, 0.717) is 35.6 Å². The van der Waals surface area contributed by atoms with Crippen LogP contribution in [0.1, 0.15) is 75.5 Å². The zero-order valence-corrected chi connectivity index (χ0v) is 20.9. The Labute approximate surface area is 204 Å². The van der Waals surface area contributed by atoms with Gasteiger partial charge in [0.25, 0.3) is 5.91 Å². The summed E-state index contributed by atoms with van der Waals surface area (Å²) in [7, 11) is 2.93. The molecule has 1 aliphatic heterocycles. The maximum Gasteiger partial charge on any atom is 0.339 e. The minimum absolute atomic E-state index is 0.0837. The SMILES string of the molecule is CCOc1cc2c(cc1C(=O)NC)C(=N)N(CC(=O)c1cc(C(=O)O)c(OC)c(C(C)(C)C)c1)C2. The molecular weight excluding hydrogens is 450 g/mol. The standard InChI is InChI=1S/C26H31N3O6/c1-7-35-21-10-15-12-29(23(27)16(15)11-17(21)24(31)28-5)13-20(30)14-8-18(25(32)33)22(34-6)19(9-14)26(2,3)4/h8-11,27H,7,12-13H2,1-6H3,(H,28,31)(H,32,33). The predicted octanol–water partition coefficient (Wildman–Crippen LogP) is 3.47. The first kappa shape index (κ1) is 25.7. The van der Waals surface area contributed by atoms with Crippen molar-refractivity contribution in [3.05, 3.63) is 57.6 Å². The largest absolute Gasteiger partial charge is 0.496 e. The van der Waals surface area contributed by atoms with E-state index in [1.807, 2.05) is 27.7 Å². The Hall–Kier alpha value is -3.88. The van der Waals surface area contributed by atoms with Gasteiger partial charge in [0.05, 0.1) is 25.8 Å². The summed E-state index contributed by atoms with van der Waals surface area (Å²) in [6.45, 7) is 8.11. The molecule has 0 fully saturated rings. The number of ether oxygens (including phenoxy) is 2. The molecule has 1 aliphatic rings. The van der Waals surface area contributed by atoms with Crippen LogP contribution >= 0.6 is 0 Å². The van der Waals surface area contributed by atoms with Crippen LogP contribution in [0.5, 0.6) is 11.5 Å². The van der Waals surface area contributed by atoms with Gasteiger partial charge in [-0.15, -0.1) is 0 Å². The molecule has 1 amide bonds. The summed E-state index contributed by atoms with van der Waals surface area (Å²) in [6.07, 6.45) is 0. The predicted molar refractivity (Wildman–Crippen MR) is 131 cm³/mol. The zero-order chi connectivity index (χ0) is 26.1. The molecule has 2 aromatic rings. The number of amidine groups is 1. The minimum atomic E-state index is -1.19. The third kappa shape index (κ3) is 4.99. The number of amides is 1. The molecule has 186 valence electrons. The number of carbonyl (C=O) groups is 3. The number of hydrogen-bond donors (Lipinski definition) is 3. The average Bonchev–Trinajstić information content (AvgIpc) is 3.10. The lowest BCUT2D eigenvalue weighted by molar-refractivity contribution is 0.0692. The van der Waals surface area contributed by atoms with Gasteiger partial charge in [0.15, 0.2) is 5.78 Å². The molecule has 0 saturated heterocycles. The molecule has 0 spiro atoms. The molecule has 0 saturated carbocycles. The van der Waals surface area contributed by atoms with E-state index < -0.39 is 11.4 Å². The van der Waals surface area contributed by atoms with Crippen LogP contribution in [0.2, 0.25) is 0 Å². The summed E-state index contributed by atoms with van der Waals surface area (Å²) >= 11 is 0. The molecule has 1 heterocycles. The highest BCUT2D eigenvalue weighted by Gasteiger charge is 2.31. The summed E-state index contributed by atoms with van der Waals surface area (Å²) in [6, 6.07) is 6.33. The molecule has 2 aromatic carbocycles. The van der Waals surface area contributed by atoms with Crippen molar-refractivity contribution in [3.63, 3.8) is 0 Å². The van der Waals surface area contributed by atoms with Crippen molar-refractivity contribution in [2.45, 2.75) is 39.7 Å². The number of carbonyl (C=O) groups excluding carboxylic acids is 2. The molecule has 35 heavy (non-hydrogen) atoms. The lowest BCUT2D eigenvalue weighted by Gasteiger charge is -2.24. The fourth-order valence-electron chi connectivity index (χ4n) is 4.14. The van der Waals surface area contributed by atoms with Crippen molar-refractivity contribution >= 4 is 23.5 Å². The number of fused-ring (bicyclic) bond motifs is 1. The Kier molecular flexibility index (Phi) is 7.19. The topological polar surface area (TPSA) is 129 Å². The molecular formula is C26H31N3O6. The number of aromatic carboxylic acids is 1. The quantitative estimate of drug-likeness (QED) is 0.492. The van der Waals surface area contributed by atoms with Crippen LogP contribution in [0.3, 0.4) is 0 Å². The van der Waals surface area contributed by atoms with Gasteiger partial charge in [-0.25, -0.2) is 4.79 Å². The number of methoxy groups -OCH3 is 1. The van der Waals surface area contributed by atoms with Gasteiger partial charge in [-0.2, -0.15) is 0 Å². The van der Waals surface area contributed by atoms with Gasteiger partial charge in [0.1, 0.15) is 22.9 Å². The van der Waals surface area contributed by atoms with Crippen LogP contribution in [0.4, 0.5) is 0 Å². The van der Waals surface area contributed by atoms with Crippen molar-refractivity contribution in [3.8, 4) is 11.5 Å². The van der Waals surface area contributed by atoms with E-state index in [1.165, 1.54) is 20.2 Å². The number of ketones is 1. The van der Waals surface area contributed by atoms with Gasteiger partial charge in [0, 0.05) is 30.3 Å². The summed E-state index contributed by atoms with van der Waals surface area (Å²) < 4.78 is 11.0. The summed E-state index contributed by atoms with van der Waals surface area (Å²) in [5, 5.41) is 20.9. The fraction of sp³-hybridized carbons (Fsp3) is 0.385. The molecule has 0 aliphatic carbocycles. The molecule has 3 N–H and O–H groups in total. The van der Waals surface area contributed by atoms with Gasteiger partial charge in [-0.05, 0) is 42.2 Å². The fourth-order valence-corrected chi connectivity index (χ4v) is 4.14. The van der Waals surface area contributed by atoms with Crippen LogP contribution < -0.4 is 14.8 Å². The molecule has 9 nitrogen and oxygen atoms in total. The Bertz CT molecular complexity index is 1210. The van der Waals surface area contributed by atoms with E-state index in [-0.39, 0.29) is 40.9 Å². The first-order valence-electron chi connectivity index (χ1n) is 11.3. The second-order valence-electron chi connectivity index (χ2n) is 9.31. The number of carboxylic acids is 1. The third-order valence-electron chi connectivity index (χ3n) is 5.90. The lowest BCUT2D eigenvalue weighted by atomic mass is 9.83. The lowest BCUT2D eigenvalue weighted by Crippen LogP contribution is -2.30. The molecule has 3 rings (SSSR count). The number of rotatable bonds is 8. The number of nitrogens with one attached hydrogen (secondary N) is 2. The second-order valence-corrected chi connectivity index (χ2v) is 9.31. The Morgan fingerprint density at radius 1 is 1.14 bits per heavy atom. The van der Waals surface area contributed by atoms with Crippen molar-refractivity contribution < 1.29 is 29.0 Å². The monoisotopic (exact) mass is 481 g/mol. The van der Waals surface area contributed by atoms with Crippen LogP contribution in [-0.2, 0) is 12.0 Å². The molecule has 0 bridgehead atoms. The Morgan fingerprint density at radius 3 is 2.37 bits per heavy atom. The molecule has 0 atom stereocenters. The van der Waals surface area contributed by atoms with E-state index in [2.05, 4.69) is 5.32 Å². The highest BCUT2D eigenvalue weighted by Crippen LogP contribution is 2.36. The van der Waals surface area contributed by atoms with Gasteiger partial charge in [-0.3, -0.25) is 15.0 Å². The van der Waals surface area contributed by atoms with E-state index in [9.17, 15) is 19.5 Å². The van der Waals surface area contributed by atoms with Crippen molar-refractivity contribution in [1.29, 1.82) is 5.41 Å². The highest BCUT2D eigenvalue weighted by molar-refractivity contribution is 6.08. The van der Waals surface area contributed by atoms with E-state index in [0.717, 1.165) is 5.56 Å². The molecule has 9 heteroatoms. The summed E-state index contributed by atoms with van der Waals surface area (Å²) in [5.41, 5.74) is 1.94. The molecule has 0 radical (unpaired) electrons. The van der Waals surface area contributed by atoms with Crippen molar-refractivity contribution in [1.82, 2.24) is 10.2 Å². The summed E-state index contributed by atoms with van der Waals surface area (Å²) in [4.78, 5) is 39.1. The summed E-state index contributed by atoms with van der Waals surface area (Å²) in [5.74, 6) is -1.07. The van der Waals surface area contributed by atoms with Crippen molar-refractivity contribution in [2.75, 3.05) is 27.3 Å². The zero-order valence-electron chi connectivity index (χ0n) is 20.9. The van der Waals surface area contributed by atoms with Crippen molar-refractivity contribution in [2.24, 2.45) is 0 Å². The first-order chi connectivity index (χ1) is 16.4. The smallest absolute Gasteiger partial charge is 0.339 e.